The lowest BCUT2D eigenvalue weighted by molar-refractivity contribution is 0.235. The Labute approximate surface area is 93.1 Å². The summed E-state index contributed by atoms with van der Waals surface area (Å²) in [5, 5.41) is 2.50. The third-order valence-corrected chi connectivity index (χ3v) is 4.10. The molecule has 1 heterocycles. The van der Waals surface area contributed by atoms with Crippen LogP contribution < -0.4 is 11.1 Å². The van der Waals surface area contributed by atoms with Gasteiger partial charge in [-0.1, -0.05) is 12.1 Å². The van der Waals surface area contributed by atoms with Crippen molar-refractivity contribution in [1.82, 2.24) is 4.31 Å². The van der Waals surface area contributed by atoms with Crippen LogP contribution in [0.5, 0.6) is 0 Å². The third kappa shape index (κ3) is 1.54. The lowest BCUT2D eigenvalue weighted by atomic mass is 10.3. The van der Waals surface area contributed by atoms with Crippen LogP contribution in [-0.4, -0.2) is 31.8 Å². The fraction of sp³-hybridized carbons (Fsp3) is 0.222. The van der Waals surface area contributed by atoms with E-state index in [1.807, 2.05) is 0 Å². The van der Waals surface area contributed by atoms with Gasteiger partial charge in [0, 0.05) is 6.54 Å². The van der Waals surface area contributed by atoms with E-state index in [9.17, 15) is 13.2 Å². The highest BCUT2D eigenvalue weighted by Gasteiger charge is 2.35. The Morgan fingerprint density at radius 1 is 1.31 bits per heavy atom. The number of benzene rings is 1. The molecule has 1 aromatic carbocycles. The number of nitrogens with one attached hydrogen (secondary N) is 1. The van der Waals surface area contributed by atoms with Crippen molar-refractivity contribution in [3.05, 3.63) is 24.3 Å². The third-order valence-electron chi connectivity index (χ3n) is 2.26. The van der Waals surface area contributed by atoms with Crippen molar-refractivity contribution in [1.29, 1.82) is 0 Å². The minimum atomic E-state index is -3.75. The van der Waals surface area contributed by atoms with Crippen molar-refractivity contribution in [2.75, 3.05) is 18.4 Å². The van der Waals surface area contributed by atoms with Crippen LogP contribution in [0.3, 0.4) is 0 Å². The number of sulfonamides is 1. The summed E-state index contributed by atoms with van der Waals surface area (Å²) in [6.07, 6.45) is 0. The average molecular weight is 241 g/mol. The molecule has 1 aliphatic rings. The van der Waals surface area contributed by atoms with E-state index >= 15 is 0 Å². The second-order valence-electron chi connectivity index (χ2n) is 3.29. The normalized spacial score (nSPS) is 17.8. The Bertz CT molecular complexity index is 527. The molecule has 3 N–H and O–H groups in total. The first kappa shape index (κ1) is 10.9. The number of amides is 2. The molecule has 0 spiro atoms. The predicted molar refractivity (Wildman–Crippen MR) is 58.4 cm³/mol. The molecular weight excluding hydrogens is 230 g/mol. The molecule has 0 bridgehead atoms. The maximum atomic E-state index is 12.0. The second kappa shape index (κ2) is 3.76. The maximum Gasteiger partial charge on any atom is 0.335 e. The topological polar surface area (TPSA) is 92.5 Å². The van der Waals surface area contributed by atoms with Gasteiger partial charge in [0.2, 0.25) is 0 Å². The Hall–Kier alpha value is -1.60. The monoisotopic (exact) mass is 241 g/mol. The van der Waals surface area contributed by atoms with Crippen molar-refractivity contribution in [2.45, 2.75) is 4.90 Å². The number of hydrogen-bond acceptors (Lipinski definition) is 4. The molecule has 0 radical (unpaired) electrons. The van der Waals surface area contributed by atoms with Crippen molar-refractivity contribution in [3.63, 3.8) is 0 Å². The van der Waals surface area contributed by atoms with Crippen LogP contribution in [0.4, 0.5) is 10.5 Å². The van der Waals surface area contributed by atoms with Crippen LogP contribution in [0, 0.1) is 0 Å². The van der Waals surface area contributed by atoms with Crippen LogP contribution in [0.25, 0.3) is 0 Å². The molecule has 0 saturated carbocycles. The minimum absolute atomic E-state index is 0.0253. The first-order valence-corrected chi connectivity index (χ1v) is 6.14. The van der Waals surface area contributed by atoms with Gasteiger partial charge in [-0.15, -0.1) is 0 Å². The molecule has 6 nitrogen and oxygen atoms in total. The summed E-state index contributed by atoms with van der Waals surface area (Å²) >= 11 is 0. The molecule has 0 saturated heterocycles. The molecule has 1 aliphatic heterocycles. The molecule has 86 valence electrons. The quantitative estimate of drug-likeness (QED) is 0.772. The number of nitrogens with zero attached hydrogens (tertiary/aromatic N) is 1. The van der Waals surface area contributed by atoms with Gasteiger partial charge in [0.1, 0.15) is 4.90 Å². The van der Waals surface area contributed by atoms with Gasteiger partial charge in [0.25, 0.3) is 10.0 Å². The van der Waals surface area contributed by atoms with Gasteiger partial charge in [0.05, 0.1) is 12.2 Å². The van der Waals surface area contributed by atoms with Crippen LogP contribution in [-0.2, 0) is 10.0 Å². The molecule has 2 amide bonds. The summed E-state index contributed by atoms with van der Waals surface area (Å²) in [5.74, 6) is 0. The Kier molecular flexibility index (Phi) is 2.56. The van der Waals surface area contributed by atoms with E-state index in [2.05, 4.69) is 5.32 Å². The molecule has 0 aliphatic carbocycles. The Morgan fingerprint density at radius 3 is 2.69 bits per heavy atom. The predicted octanol–water partition coefficient (Wildman–Crippen LogP) is 0.182. The van der Waals surface area contributed by atoms with E-state index in [4.69, 9.17) is 5.73 Å². The van der Waals surface area contributed by atoms with Gasteiger partial charge in [-0.2, -0.15) is 0 Å². The summed E-state index contributed by atoms with van der Waals surface area (Å²) in [6, 6.07) is 5.60. The standard InChI is InChI=1S/C9H11N3O3S/c10-5-6-12-9(13)11-7-3-1-2-4-8(7)16(12,14)15/h1-4H,5-6,10H2,(H,11,13). The number of rotatable bonds is 2. The molecule has 0 unspecified atom stereocenters. The van der Waals surface area contributed by atoms with Crippen molar-refractivity contribution >= 4 is 21.7 Å². The largest absolute Gasteiger partial charge is 0.335 e. The number of para-hydroxylation sites is 1. The van der Waals surface area contributed by atoms with Gasteiger partial charge >= 0.3 is 6.03 Å². The van der Waals surface area contributed by atoms with Crippen molar-refractivity contribution < 1.29 is 13.2 Å². The molecule has 1 aromatic rings. The fourth-order valence-electron chi connectivity index (χ4n) is 1.54. The highest BCUT2D eigenvalue weighted by Crippen LogP contribution is 2.28. The number of carbonyl (C=O) groups excluding carboxylic acids is 1. The molecular formula is C9H11N3O3S. The van der Waals surface area contributed by atoms with Crippen LogP contribution in [0.2, 0.25) is 0 Å². The summed E-state index contributed by atoms with van der Waals surface area (Å²) in [6.45, 7) is 0.0668. The van der Waals surface area contributed by atoms with Gasteiger partial charge in [-0.3, -0.25) is 0 Å². The highest BCUT2D eigenvalue weighted by atomic mass is 32.2. The first-order valence-electron chi connectivity index (χ1n) is 4.70. The van der Waals surface area contributed by atoms with E-state index in [1.165, 1.54) is 6.07 Å². The lowest BCUT2D eigenvalue weighted by Gasteiger charge is -2.28. The van der Waals surface area contributed by atoms with E-state index < -0.39 is 16.1 Å². The van der Waals surface area contributed by atoms with Crippen LogP contribution >= 0.6 is 0 Å². The molecule has 0 atom stereocenters. The summed E-state index contributed by atoms with van der Waals surface area (Å²) < 4.78 is 24.8. The van der Waals surface area contributed by atoms with Crippen molar-refractivity contribution in [2.24, 2.45) is 5.73 Å². The number of urea groups is 1. The van der Waals surface area contributed by atoms with E-state index in [1.54, 1.807) is 18.2 Å². The van der Waals surface area contributed by atoms with E-state index in [0.717, 1.165) is 4.31 Å². The van der Waals surface area contributed by atoms with Gasteiger partial charge in [-0.05, 0) is 12.1 Å². The summed E-state index contributed by atoms with van der Waals surface area (Å²) in [7, 11) is -3.75. The second-order valence-corrected chi connectivity index (χ2v) is 5.12. The minimum Gasteiger partial charge on any atom is -0.329 e. The smallest absolute Gasteiger partial charge is 0.329 e. The lowest BCUT2D eigenvalue weighted by Crippen LogP contribution is -2.46. The molecule has 2 rings (SSSR count). The van der Waals surface area contributed by atoms with E-state index in [-0.39, 0.29) is 18.0 Å². The summed E-state index contributed by atoms with van der Waals surface area (Å²) in [4.78, 5) is 11.6. The zero-order valence-electron chi connectivity index (χ0n) is 8.38. The van der Waals surface area contributed by atoms with Gasteiger partial charge < -0.3 is 11.1 Å². The number of anilines is 1. The zero-order chi connectivity index (χ0) is 11.8. The van der Waals surface area contributed by atoms with Crippen LogP contribution in [0.15, 0.2) is 29.2 Å². The van der Waals surface area contributed by atoms with Gasteiger partial charge in [0.15, 0.2) is 0 Å². The molecule has 7 heteroatoms. The maximum absolute atomic E-state index is 12.0. The molecule has 0 fully saturated rings. The zero-order valence-corrected chi connectivity index (χ0v) is 9.20. The summed E-state index contributed by atoms with van der Waals surface area (Å²) in [5.41, 5.74) is 5.58. The number of fused-ring (bicyclic) bond motifs is 1. The number of carbonyl (C=O) groups is 1. The molecule has 0 aromatic heterocycles. The molecule has 16 heavy (non-hydrogen) atoms. The average Bonchev–Trinajstić information content (AvgIpc) is 2.24. The van der Waals surface area contributed by atoms with Crippen LogP contribution in [0.1, 0.15) is 0 Å². The fourth-order valence-corrected chi connectivity index (χ4v) is 3.03. The Balaban J connectivity index is 2.56. The highest BCUT2D eigenvalue weighted by molar-refractivity contribution is 7.90. The Morgan fingerprint density at radius 2 is 2.00 bits per heavy atom. The van der Waals surface area contributed by atoms with E-state index in [0.29, 0.717) is 5.69 Å². The van der Waals surface area contributed by atoms with Gasteiger partial charge in [-0.25, -0.2) is 17.5 Å². The van der Waals surface area contributed by atoms with Crippen molar-refractivity contribution in [3.8, 4) is 0 Å². The SMILES string of the molecule is NCCN1C(=O)Nc2ccccc2S1(=O)=O. The number of nitrogens with two attached hydrogens (primary N) is 1. The number of hydrogen-bond donors (Lipinski definition) is 2. The first-order chi connectivity index (χ1) is 7.57.